The molecule has 0 radical (unpaired) electrons. The van der Waals surface area contributed by atoms with Gasteiger partial charge in [-0.1, -0.05) is 34.5 Å². The molecule has 2 N–H and O–H groups in total. The fourth-order valence-electron chi connectivity index (χ4n) is 3.63. The predicted octanol–water partition coefficient (Wildman–Crippen LogP) is 3.38. The average molecular weight is 365 g/mol. The van der Waals surface area contributed by atoms with Crippen molar-refractivity contribution >= 4 is 21.8 Å². The molecule has 1 aromatic carbocycles. The lowest BCUT2D eigenvalue weighted by Gasteiger charge is -2.42. The molecule has 22 heavy (non-hydrogen) atoms. The average Bonchev–Trinajstić information content (AvgIpc) is 2.99. The van der Waals surface area contributed by atoms with Crippen molar-refractivity contribution in [2.24, 2.45) is 5.92 Å². The van der Waals surface area contributed by atoms with Crippen LogP contribution in [0.15, 0.2) is 28.7 Å². The Bertz CT molecular complexity index is 504. The molecule has 0 spiro atoms. The van der Waals surface area contributed by atoms with Crippen LogP contribution in [-0.2, 0) is 10.2 Å². The smallest absolute Gasteiger partial charge is 0.220 e. The number of amides is 1. The summed E-state index contributed by atoms with van der Waals surface area (Å²) in [6.07, 6.45) is 6.53. The summed E-state index contributed by atoms with van der Waals surface area (Å²) in [5.41, 5.74) is 1.54. The van der Waals surface area contributed by atoms with E-state index >= 15 is 0 Å². The molecule has 2 aliphatic rings. The summed E-state index contributed by atoms with van der Waals surface area (Å²) in [6.45, 7) is 2.98. The SMILES string of the molecule is O=C(CCC1CCNC1)NCC1(c2ccc(Br)cc2)CCC1. The Labute approximate surface area is 141 Å². The normalized spacial score (nSPS) is 23.0. The van der Waals surface area contributed by atoms with Crippen LogP contribution in [0.25, 0.3) is 0 Å². The van der Waals surface area contributed by atoms with Gasteiger partial charge in [-0.2, -0.15) is 0 Å². The van der Waals surface area contributed by atoms with Crippen LogP contribution in [0.3, 0.4) is 0 Å². The van der Waals surface area contributed by atoms with E-state index in [0.717, 1.165) is 30.5 Å². The lowest BCUT2D eigenvalue weighted by molar-refractivity contribution is -0.121. The molecule has 120 valence electrons. The van der Waals surface area contributed by atoms with Gasteiger partial charge in [-0.25, -0.2) is 0 Å². The highest BCUT2D eigenvalue weighted by Crippen LogP contribution is 2.43. The highest BCUT2D eigenvalue weighted by Gasteiger charge is 2.38. The molecule has 1 atom stereocenters. The maximum Gasteiger partial charge on any atom is 0.220 e. The molecule has 0 bridgehead atoms. The fraction of sp³-hybridized carbons (Fsp3) is 0.611. The maximum atomic E-state index is 12.1. The molecule has 1 saturated carbocycles. The van der Waals surface area contributed by atoms with Crippen molar-refractivity contribution in [1.29, 1.82) is 0 Å². The zero-order chi connectivity index (χ0) is 15.4. The molecule has 1 amide bonds. The zero-order valence-corrected chi connectivity index (χ0v) is 14.6. The number of carbonyl (C=O) groups excluding carboxylic acids is 1. The number of carbonyl (C=O) groups is 1. The number of benzene rings is 1. The first-order valence-corrected chi connectivity index (χ1v) is 9.21. The van der Waals surface area contributed by atoms with E-state index in [1.807, 2.05) is 0 Å². The third-order valence-electron chi connectivity index (χ3n) is 5.33. The Morgan fingerprint density at radius 2 is 2.09 bits per heavy atom. The van der Waals surface area contributed by atoms with Gasteiger partial charge in [0.1, 0.15) is 0 Å². The molecular weight excluding hydrogens is 340 g/mol. The Kier molecular flexibility index (Phi) is 5.19. The van der Waals surface area contributed by atoms with Gasteiger partial charge in [0.15, 0.2) is 0 Å². The van der Waals surface area contributed by atoms with Crippen molar-refractivity contribution in [1.82, 2.24) is 10.6 Å². The van der Waals surface area contributed by atoms with Crippen molar-refractivity contribution in [2.75, 3.05) is 19.6 Å². The van der Waals surface area contributed by atoms with Gasteiger partial charge in [0, 0.05) is 22.9 Å². The summed E-state index contributed by atoms with van der Waals surface area (Å²) in [5, 5.41) is 6.55. The van der Waals surface area contributed by atoms with Gasteiger partial charge in [-0.05, 0) is 62.4 Å². The molecule has 1 saturated heterocycles. The van der Waals surface area contributed by atoms with Gasteiger partial charge in [-0.3, -0.25) is 4.79 Å². The van der Waals surface area contributed by atoms with Crippen molar-refractivity contribution in [2.45, 2.75) is 43.9 Å². The number of halogens is 1. The highest BCUT2D eigenvalue weighted by atomic mass is 79.9. The van der Waals surface area contributed by atoms with Crippen molar-refractivity contribution < 1.29 is 4.79 Å². The van der Waals surface area contributed by atoms with Gasteiger partial charge in [-0.15, -0.1) is 0 Å². The van der Waals surface area contributed by atoms with E-state index in [0.29, 0.717) is 12.3 Å². The van der Waals surface area contributed by atoms with Crippen molar-refractivity contribution in [3.8, 4) is 0 Å². The van der Waals surface area contributed by atoms with E-state index in [-0.39, 0.29) is 11.3 Å². The minimum Gasteiger partial charge on any atom is -0.355 e. The quantitative estimate of drug-likeness (QED) is 0.812. The van der Waals surface area contributed by atoms with E-state index in [1.54, 1.807) is 0 Å². The standard InChI is InChI=1S/C18H25BrN2O/c19-16-5-3-15(4-6-16)18(9-1-10-18)13-21-17(22)7-2-14-8-11-20-12-14/h3-6,14,20H,1-2,7-13H2,(H,21,22). The Balaban J connectivity index is 1.50. The molecule has 1 aromatic rings. The number of hydrogen-bond acceptors (Lipinski definition) is 2. The van der Waals surface area contributed by atoms with Gasteiger partial charge < -0.3 is 10.6 Å². The molecule has 4 heteroatoms. The van der Waals surface area contributed by atoms with E-state index in [4.69, 9.17) is 0 Å². The van der Waals surface area contributed by atoms with Crippen LogP contribution in [-0.4, -0.2) is 25.5 Å². The van der Waals surface area contributed by atoms with Crippen LogP contribution in [0.5, 0.6) is 0 Å². The van der Waals surface area contributed by atoms with Crippen molar-refractivity contribution in [3.05, 3.63) is 34.3 Å². The fourth-order valence-corrected chi connectivity index (χ4v) is 3.89. The van der Waals surface area contributed by atoms with Gasteiger partial charge in [0.25, 0.3) is 0 Å². The molecule has 0 aromatic heterocycles. The van der Waals surface area contributed by atoms with E-state index < -0.39 is 0 Å². The van der Waals surface area contributed by atoms with E-state index in [9.17, 15) is 4.79 Å². The predicted molar refractivity (Wildman–Crippen MR) is 92.9 cm³/mol. The van der Waals surface area contributed by atoms with Gasteiger partial charge in [0.2, 0.25) is 5.91 Å². The summed E-state index contributed by atoms with van der Waals surface area (Å²) in [6, 6.07) is 8.59. The van der Waals surface area contributed by atoms with E-state index in [2.05, 4.69) is 50.8 Å². The Morgan fingerprint density at radius 3 is 2.68 bits per heavy atom. The largest absolute Gasteiger partial charge is 0.355 e. The number of nitrogens with one attached hydrogen (secondary N) is 2. The molecule has 1 aliphatic heterocycles. The third kappa shape index (κ3) is 3.72. The number of hydrogen-bond donors (Lipinski definition) is 2. The van der Waals surface area contributed by atoms with Gasteiger partial charge in [0.05, 0.1) is 0 Å². The van der Waals surface area contributed by atoms with Gasteiger partial charge >= 0.3 is 0 Å². The molecule has 3 rings (SSSR count). The lowest BCUT2D eigenvalue weighted by Crippen LogP contribution is -2.45. The lowest BCUT2D eigenvalue weighted by atomic mass is 9.64. The summed E-state index contributed by atoms with van der Waals surface area (Å²) in [4.78, 5) is 12.1. The first-order chi connectivity index (χ1) is 10.7. The summed E-state index contributed by atoms with van der Waals surface area (Å²) in [5.74, 6) is 0.908. The molecular formula is C18H25BrN2O. The maximum absolute atomic E-state index is 12.1. The second-order valence-corrected chi connectivity index (χ2v) is 7.73. The first kappa shape index (κ1) is 16.0. The molecule has 1 aliphatic carbocycles. The van der Waals surface area contributed by atoms with Crippen LogP contribution in [0.4, 0.5) is 0 Å². The molecule has 3 nitrogen and oxygen atoms in total. The minimum atomic E-state index is 0.172. The molecule has 2 fully saturated rings. The van der Waals surface area contributed by atoms with Crippen molar-refractivity contribution in [3.63, 3.8) is 0 Å². The first-order valence-electron chi connectivity index (χ1n) is 8.41. The van der Waals surface area contributed by atoms with Crippen LogP contribution >= 0.6 is 15.9 Å². The number of rotatable bonds is 6. The third-order valence-corrected chi connectivity index (χ3v) is 5.86. The molecule has 1 unspecified atom stereocenters. The van der Waals surface area contributed by atoms with Crippen LogP contribution in [0.2, 0.25) is 0 Å². The van der Waals surface area contributed by atoms with Crippen LogP contribution in [0.1, 0.15) is 44.1 Å². The molecule has 1 heterocycles. The highest BCUT2D eigenvalue weighted by molar-refractivity contribution is 9.10. The van der Waals surface area contributed by atoms with Crippen LogP contribution < -0.4 is 10.6 Å². The monoisotopic (exact) mass is 364 g/mol. The zero-order valence-electron chi connectivity index (χ0n) is 13.0. The second kappa shape index (κ2) is 7.14. The summed E-state index contributed by atoms with van der Waals surface area (Å²) < 4.78 is 1.11. The Morgan fingerprint density at radius 1 is 1.32 bits per heavy atom. The minimum absolute atomic E-state index is 0.172. The Hall–Kier alpha value is -0.870. The van der Waals surface area contributed by atoms with Crippen LogP contribution in [0, 0.1) is 5.92 Å². The second-order valence-electron chi connectivity index (χ2n) is 6.82. The summed E-state index contributed by atoms with van der Waals surface area (Å²) in [7, 11) is 0. The topological polar surface area (TPSA) is 41.1 Å². The van der Waals surface area contributed by atoms with E-state index in [1.165, 1.54) is 31.2 Å². The summed E-state index contributed by atoms with van der Waals surface area (Å²) >= 11 is 3.49.